The number of hydrogen-bond donors (Lipinski definition) is 0. The number of methoxy groups -OCH3 is 1. The first-order chi connectivity index (χ1) is 15.7. The molecule has 5 rings (SSSR count). The van der Waals surface area contributed by atoms with Crippen LogP contribution in [0.5, 0.6) is 5.75 Å². The Kier molecular flexibility index (Phi) is 5.58. The van der Waals surface area contributed by atoms with Crippen molar-refractivity contribution in [3.05, 3.63) is 89.9 Å². The number of piperidine rings is 1. The van der Waals surface area contributed by atoms with E-state index < -0.39 is 0 Å². The van der Waals surface area contributed by atoms with E-state index in [2.05, 4.69) is 9.97 Å². The van der Waals surface area contributed by atoms with Gasteiger partial charge in [0.2, 0.25) is 5.89 Å². The summed E-state index contributed by atoms with van der Waals surface area (Å²) in [5.41, 5.74) is 1.52. The minimum Gasteiger partial charge on any atom is -0.496 e. The second-order valence-corrected chi connectivity index (χ2v) is 8.04. The quantitative estimate of drug-likeness (QED) is 0.438. The Morgan fingerprint density at radius 3 is 2.84 bits per heavy atom. The van der Waals surface area contributed by atoms with E-state index >= 15 is 0 Å². The van der Waals surface area contributed by atoms with Gasteiger partial charge in [-0.25, -0.2) is 4.98 Å². The van der Waals surface area contributed by atoms with Crippen molar-refractivity contribution in [2.75, 3.05) is 13.7 Å². The van der Waals surface area contributed by atoms with Gasteiger partial charge < -0.3 is 14.1 Å². The molecule has 0 saturated carbocycles. The Labute approximate surface area is 186 Å². The maximum atomic E-state index is 13.6. The van der Waals surface area contributed by atoms with Gasteiger partial charge in [-0.15, -0.1) is 0 Å². The molecule has 1 atom stereocenters. The van der Waals surface area contributed by atoms with E-state index in [9.17, 15) is 4.79 Å². The smallest absolute Gasteiger partial charge is 0.273 e. The van der Waals surface area contributed by atoms with Crippen molar-refractivity contribution < 1.29 is 13.9 Å². The fourth-order valence-electron chi connectivity index (χ4n) is 4.45. The van der Waals surface area contributed by atoms with Gasteiger partial charge in [-0.1, -0.05) is 42.5 Å². The molecule has 1 aliphatic rings. The van der Waals surface area contributed by atoms with Crippen LogP contribution in [0.1, 0.15) is 53.0 Å². The molecule has 1 aliphatic heterocycles. The summed E-state index contributed by atoms with van der Waals surface area (Å²) in [4.78, 5) is 24.4. The van der Waals surface area contributed by atoms with Crippen LogP contribution in [-0.2, 0) is 6.42 Å². The van der Waals surface area contributed by atoms with Crippen LogP contribution in [0.25, 0.3) is 10.8 Å². The highest BCUT2D eigenvalue weighted by atomic mass is 16.5. The molecule has 1 fully saturated rings. The Hall–Kier alpha value is -3.67. The number of para-hydroxylation sites is 1. The number of aromatic nitrogens is 2. The van der Waals surface area contributed by atoms with Crippen LogP contribution < -0.4 is 4.74 Å². The molecule has 32 heavy (non-hydrogen) atoms. The standard InChI is InChI=1S/C26H25N3O3/c1-31-23-12-5-3-9-19(23)16-20-17-28-25(32-20)22-11-6-7-15-29(22)26(30)24-21-10-4-2-8-18(21)13-14-27-24/h2-5,8-10,12-14,17,22H,6-7,11,15-16H2,1H3/t22-/m0/s1. The number of ether oxygens (including phenoxy) is 1. The van der Waals surface area contributed by atoms with Gasteiger partial charge in [0, 0.05) is 30.1 Å². The minimum absolute atomic E-state index is 0.0732. The molecule has 1 saturated heterocycles. The lowest BCUT2D eigenvalue weighted by atomic mass is 10.0. The van der Waals surface area contributed by atoms with Gasteiger partial charge in [0.05, 0.1) is 13.3 Å². The zero-order chi connectivity index (χ0) is 21.9. The van der Waals surface area contributed by atoms with Crippen LogP contribution in [-0.4, -0.2) is 34.4 Å². The molecule has 6 heteroatoms. The molecule has 0 aliphatic carbocycles. The van der Waals surface area contributed by atoms with Crippen LogP contribution in [0, 0.1) is 0 Å². The van der Waals surface area contributed by atoms with Gasteiger partial charge >= 0.3 is 0 Å². The van der Waals surface area contributed by atoms with Crippen LogP contribution in [0.4, 0.5) is 0 Å². The van der Waals surface area contributed by atoms with E-state index in [1.807, 2.05) is 59.5 Å². The number of pyridine rings is 1. The third kappa shape index (κ3) is 3.84. The minimum atomic E-state index is -0.191. The Bertz CT molecular complexity index is 1240. The summed E-state index contributed by atoms with van der Waals surface area (Å²) in [6.07, 6.45) is 6.86. The normalized spacial score (nSPS) is 16.3. The summed E-state index contributed by atoms with van der Waals surface area (Å²) in [5, 5.41) is 1.88. The molecule has 3 heterocycles. The summed E-state index contributed by atoms with van der Waals surface area (Å²) in [6.45, 7) is 0.665. The molecule has 0 unspecified atom stereocenters. The third-order valence-electron chi connectivity index (χ3n) is 6.05. The van der Waals surface area contributed by atoms with Gasteiger partial charge in [0.25, 0.3) is 5.91 Å². The molecule has 2 aromatic carbocycles. The van der Waals surface area contributed by atoms with E-state index in [1.165, 1.54) is 0 Å². The fraction of sp³-hybridized carbons (Fsp3) is 0.269. The van der Waals surface area contributed by atoms with E-state index in [0.717, 1.165) is 47.1 Å². The first kappa shape index (κ1) is 20.2. The number of nitrogens with zero attached hydrogens (tertiary/aromatic N) is 3. The van der Waals surface area contributed by atoms with Crippen LogP contribution in [0.2, 0.25) is 0 Å². The number of carbonyl (C=O) groups is 1. The molecule has 162 valence electrons. The number of hydrogen-bond acceptors (Lipinski definition) is 5. The van der Waals surface area contributed by atoms with Crippen molar-refractivity contribution in [2.24, 2.45) is 0 Å². The largest absolute Gasteiger partial charge is 0.496 e. The molecule has 2 aromatic heterocycles. The number of carbonyl (C=O) groups excluding carboxylic acids is 1. The molecule has 0 radical (unpaired) electrons. The molecule has 1 amide bonds. The van der Waals surface area contributed by atoms with Crippen molar-refractivity contribution in [2.45, 2.75) is 31.7 Å². The summed E-state index contributed by atoms with van der Waals surface area (Å²) in [7, 11) is 1.66. The first-order valence-corrected chi connectivity index (χ1v) is 11.0. The van der Waals surface area contributed by atoms with Crippen LogP contribution in [0.3, 0.4) is 0 Å². The molecular formula is C26H25N3O3. The second kappa shape index (κ2) is 8.83. The van der Waals surface area contributed by atoms with E-state index in [1.54, 1.807) is 19.5 Å². The van der Waals surface area contributed by atoms with Crippen molar-refractivity contribution in [1.82, 2.24) is 14.9 Å². The van der Waals surface area contributed by atoms with E-state index in [-0.39, 0.29) is 11.9 Å². The van der Waals surface area contributed by atoms with Crippen LogP contribution >= 0.6 is 0 Å². The predicted octanol–water partition coefficient (Wildman–Crippen LogP) is 5.19. The van der Waals surface area contributed by atoms with E-state index in [0.29, 0.717) is 24.6 Å². The number of benzene rings is 2. The maximum Gasteiger partial charge on any atom is 0.273 e. The monoisotopic (exact) mass is 427 g/mol. The summed E-state index contributed by atoms with van der Waals surface area (Å²) in [6, 6.07) is 17.5. The summed E-state index contributed by atoms with van der Waals surface area (Å²) >= 11 is 0. The lowest BCUT2D eigenvalue weighted by Gasteiger charge is -2.33. The highest BCUT2D eigenvalue weighted by molar-refractivity contribution is 6.05. The highest BCUT2D eigenvalue weighted by Crippen LogP contribution is 2.33. The molecule has 0 spiro atoms. The molecule has 0 N–H and O–H groups in total. The number of amides is 1. The van der Waals surface area contributed by atoms with Gasteiger partial charge in [0.1, 0.15) is 23.2 Å². The molecular weight excluding hydrogens is 402 g/mol. The second-order valence-electron chi connectivity index (χ2n) is 8.04. The zero-order valence-electron chi connectivity index (χ0n) is 18.0. The van der Waals surface area contributed by atoms with Gasteiger partial charge in [0.15, 0.2) is 0 Å². The highest BCUT2D eigenvalue weighted by Gasteiger charge is 2.33. The van der Waals surface area contributed by atoms with Crippen molar-refractivity contribution in [3.8, 4) is 5.75 Å². The SMILES string of the molecule is COc1ccccc1Cc1cnc([C@@H]2CCCCN2C(=O)c2nccc3ccccc23)o1. The molecule has 6 nitrogen and oxygen atoms in total. The third-order valence-corrected chi connectivity index (χ3v) is 6.05. The van der Waals surface area contributed by atoms with Crippen LogP contribution in [0.15, 0.2) is 71.4 Å². The Balaban J connectivity index is 1.42. The topological polar surface area (TPSA) is 68.5 Å². The first-order valence-electron chi connectivity index (χ1n) is 11.0. The predicted molar refractivity (Wildman–Crippen MR) is 122 cm³/mol. The van der Waals surface area contributed by atoms with Crippen molar-refractivity contribution in [1.29, 1.82) is 0 Å². The van der Waals surface area contributed by atoms with Crippen molar-refractivity contribution >= 4 is 16.7 Å². The fourth-order valence-corrected chi connectivity index (χ4v) is 4.45. The van der Waals surface area contributed by atoms with E-state index in [4.69, 9.17) is 9.15 Å². The Morgan fingerprint density at radius 1 is 1.09 bits per heavy atom. The molecule has 0 bridgehead atoms. The van der Waals surface area contributed by atoms with Gasteiger partial charge in [-0.05, 0) is 36.8 Å². The van der Waals surface area contributed by atoms with Crippen molar-refractivity contribution in [3.63, 3.8) is 0 Å². The summed E-state index contributed by atoms with van der Waals surface area (Å²) < 4.78 is 11.6. The number of oxazole rings is 1. The maximum absolute atomic E-state index is 13.6. The van der Waals surface area contributed by atoms with Gasteiger partial charge in [-0.2, -0.15) is 0 Å². The lowest BCUT2D eigenvalue weighted by Crippen LogP contribution is -2.39. The average molecular weight is 428 g/mol. The lowest BCUT2D eigenvalue weighted by molar-refractivity contribution is 0.0566. The summed E-state index contributed by atoms with van der Waals surface area (Å²) in [5.74, 6) is 2.09. The Morgan fingerprint density at radius 2 is 1.94 bits per heavy atom. The number of likely N-dealkylation sites (tertiary alicyclic amines) is 1. The average Bonchev–Trinajstić information content (AvgIpc) is 3.32. The number of fused-ring (bicyclic) bond motifs is 1. The zero-order valence-corrected chi connectivity index (χ0v) is 18.0. The molecule has 4 aromatic rings. The van der Waals surface area contributed by atoms with Gasteiger partial charge in [-0.3, -0.25) is 9.78 Å². The number of rotatable bonds is 5.